The number of rotatable bonds is 7. The maximum atomic E-state index is 11.9. The molecule has 4 N–H and O–H groups in total. The van der Waals surface area contributed by atoms with Gasteiger partial charge >= 0.3 is 0 Å². The van der Waals surface area contributed by atoms with E-state index in [0.29, 0.717) is 13.0 Å². The molecule has 1 atom stereocenters. The minimum Gasteiger partial charge on any atom is -0.355 e. The molecule has 0 aliphatic heterocycles. The maximum absolute atomic E-state index is 11.9. The van der Waals surface area contributed by atoms with Crippen molar-refractivity contribution >= 4 is 5.91 Å². The Bertz CT molecular complexity index is 565. The quantitative estimate of drug-likeness (QED) is 0.672. The predicted molar refractivity (Wildman–Crippen MR) is 82.8 cm³/mol. The highest BCUT2D eigenvalue weighted by Crippen LogP contribution is 2.05. The number of amides is 1. The van der Waals surface area contributed by atoms with Crippen molar-refractivity contribution in [3.8, 4) is 0 Å². The molecule has 0 bridgehead atoms. The fourth-order valence-electron chi connectivity index (χ4n) is 2.21. The highest BCUT2D eigenvalue weighted by molar-refractivity contribution is 5.81. The number of hydrogen-bond donors (Lipinski definition) is 3. The number of nitrogens with two attached hydrogens (primary N) is 1. The van der Waals surface area contributed by atoms with E-state index in [9.17, 15) is 4.79 Å². The Morgan fingerprint density at radius 2 is 2.14 bits per heavy atom. The Morgan fingerprint density at radius 3 is 2.81 bits per heavy atom. The van der Waals surface area contributed by atoms with Gasteiger partial charge in [0.2, 0.25) is 5.91 Å². The molecule has 0 fully saturated rings. The van der Waals surface area contributed by atoms with Gasteiger partial charge in [-0.25, -0.2) is 0 Å². The van der Waals surface area contributed by atoms with Crippen LogP contribution in [0.2, 0.25) is 0 Å². The van der Waals surface area contributed by atoms with Gasteiger partial charge in [0, 0.05) is 12.2 Å². The number of H-pyrrole nitrogens is 1. The fraction of sp³-hybridized carbons (Fsp3) is 0.375. The lowest BCUT2D eigenvalue weighted by Gasteiger charge is -2.12. The summed E-state index contributed by atoms with van der Waals surface area (Å²) in [7, 11) is 0. The molecule has 1 aromatic carbocycles. The van der Waals surface area contributed by atoms with Crippen LogP contribution in [0.25, 0.3) is 0 Å². The van der Waals surface area contributed by atoms with Crippen LogP contribution >= 0.6 is 0 Å². The van der Waals surface area contributed by atoms with E-state index in [4.69, 9.17) is 5.73 Å². The smallest absolute Gasteiger partial charge is 0.237 e. The van der Waals surface area contributed by atoms with Gasteiger partial charge in [0.1, 0.15) is 0 Å². The van der Waals surface area contributed by atoms with E-state index in [0.717, 1.165) is 24.1 Å². The molecule has 0 spiro atoms. The standard InChI is InChI=1S/C16H22N4O/c1-12-14(11-19-20-12)8-5-9-18-16(21)15(17)10-13-6-3-2-4-7-13/h2-4,6-7,11,15H,5,8-10,17H2,1H3,(H,18,21)(H,19,20). The van der Waals surface area contributed by atoms with E-state index in [1.807, 2.05) is 43.5 Å². The van der Waals surface area contributed by atoms with Gasteiger partial charge < -0.3 is 11.1 Å². The normalized spacial score (nSPS) is 12.1. The predicted octanol–water partition coefficient (Wildman–Crippen LogP) is 1.34. The average Bonchev–Trinajstić information content (AvgIpc) is 2.90. The number of hydrogen-bond acceptors (Lipinski definition) is 3. The highest BCUT2D eigenvalue weighted by Gasteiger charge is 2.13. The van der Waals surface area contributed by atoms with Crippen molar-refractivity contribution in [3.05, 3.63) is 53.3 Å². The van der Waals surface area contributed by atoms with E-state index in [2.05, 4.69) is 15.5 Å². The Labute approximate surface area is 124 Å². The third kappa shape index (κ3) is 4.72. The number of nitrogens with zero attached hydrogens (tertiary/aromatic N) is 1. The number of nitrogens with one attached hydrogen (secondary N) is 2. The third-order valence-corrected chi connectivity index (χ3v) is 3.49. The highest BCUT2D eigenvalue weighted by atomic mass is 16.2. The van der Waals surface area contributed by atoms with Crippen LogP contribution in [-0.2, 0) is 17.6 Å². The summed E-state index contributed by atoms with van der Waals surface area (Å²) >= 11 is 0. The molecular formula is C16H22N4O. The van der Waals surface area contributed by atoms with E-state index in [1.54, 1.807) is 0 Å². The first-order valence-corrected chi connectivity index (χ1v) is 7.23. The van der Waals surface area contributed by atoms with Gasteiger partial charge in [0.15, 0.2) is 0 Å². The van der Waals surface area contributed by atoms with Crippen LogP contribution in [-0.4, -0.2) is 28.7 Å². The van der Waals surface area contributed by atoms with Crippen LogP contribution < -0.4 is 11.1 Å². The Hall–Kier alpha value is -2.14. The summed E-state index contributed by atoms with van der Waals surface area (Å²) in [6.45, 7) is 2.63. The second-order valence-electron chi connectivity index (χ2n) is 5.21. The van der Waals surface area contributed by atoms with Crippen LogP contribution in [0, 0.1) is 6.92 Å². The number of carbonyl (C=O) groups excluding carboxylic acids is 1. The van der Waals surface area contributed by atoms with Crippen molar-refractivity contribution in [3.63, 3.8) is 0 Å². The zero-order chi connectivity index (χ0) is 15.1. The van der Waals surface area contributed by atoms with Crippen molar-refractivity contribution in [2.75, 3.05) is 6.54 Å². The van der Waals surface area contributed by atoms with Crippen LogP contribution in [0.1, 0.15) is 23.2 Å². The van der Waals surface area contributed by atoms with Gasteiger partial charge in [-0.1, -0.05) is 30.3 Å². The lowest BCUT2D eigenvalue weighted by Crippen LogP contribution is -2.42. The van der Waals surface area contributed by atoms with Gasteiger partial charge in [-0.15, -0.1) is 0 Å². The number of aryl methyl sites for hydroxylation is 2. The monoisotopic (exact) mass is 286 g/mol. The lowest BCUT2D eigenvalue weighted by atomic mass is 10.1. The van der Waals surface area contributed by atoms with Crippen LogP contribution in [0.15, 0.2) is 36.5 Å². The number of carbonyl (C=O) groups is 1. The van der Waals surface area contributed by atoms with E-state index >= 15 is 0 Å². The molecule has 2 aromatic rings. The van der Waals surface area contributed by atoms with E-state index in [-0.39, 0.29) is 5.91 Å². The molecular weight excluding hydrogens is 264 g/mol. The number of aromatic amines is 1. The third-order valence-electron chi connectivity index (χ3n) is 3.49. The maximum Gasteiger partial charge on any atom is 0.237 e. The van der Waals surface area contributed by atoms with E-state index in [1.165, 1.54) is 5.56 Å². The molecule has 0 saturated carbocycles. The summed E-state index contributed by atoms with van der Waals surface area (Å²) in [5, 5.41) is 9.77. The summed E-state index contributed by atoms with van der Waals surface area (Å²) in [6, 6.07) is 9.32. The molecule has 1 aromatic heterocycles. The summed E-state index contributed by atoms with van der Waals surface area (Å²) < 4.78 is 0. The van der Waals surface area contributed by atoms with Crippen LogP contribution in [0.4, 0.5) is 0 Å². The Morgan fingerprint density at radius 1 is 1.38 bits per heavy atom. The van der Waals surface area contributed by atoms with E-state index < -0.39 is 6.04 Å². The summed E-state index contributed by atoms with van der Waals surface area (Å²) in [6.07, 6.45) is 4.17. The summed E-state index contributed by atoms with van der Waals surface area (Å²) in [5.41, 5.74) is 9.28. The molecule has 2 rings (SSSR count). The van der Waals surface area contributed by atoms with Crippen molar-refractivity contribution in [1.29, 1.82) is 0 Å². The van der Waals surface area contributed by atoms with Crippen LogP contribution in [0.5, 0.6) is 0 Å². The number of aromatic nitrogens is 2. The first-order chi connectivity index (χ1) is 10.2. The molecule has 0 saturated heterocycles. The summed E-state index contributed by atoms with van der Waals surface area (Å²) in [5.74, 6) is -0.0947. The minimum absolute atomic E-state index is 0.0947. The second-order valence-corrected chi connectivity index (χ2v) is 5.21. The van der Waals surface area contributed by atoms with Crippen molar-refractivity contribution < 1.29 is 4.79 Å². The molecule has 0 aliphatic carbocycles. The molecule has 112 valence electrons. The SMILES string of the molecule is Cc1[nH]ncc1CCCNC(=O)C(N)Cc1ccccc1. The van der Waals surface area contributed by atoms with Crippen LogP contribution in [0.3, 0.4) is 0 Å². The molecule has 5 heteroatoms. The molecule has 0 aliphatic rings. The van der Waals surface area contributed by atoms with Crippen molar-refractivity contribution in [1.82, 2.24) is 15.5 Å². The van der Waals surface area contributed by atoms with Gasteiger partial charge in [0.05, 0.1) is 12.2 Å². The molecule has 21 heavy (non-hydrogen) atoms. The molecule has 1 unspecified atom stereocenters. The molecule has 5 nitrogen and oxygen atoms in total. The summed E-state index contributed by atoms with van der Waals surface area (Å²) in [4.78, 5) is 11.9. The molecule has 1 heterocycles. The Balaban J connectivity index is 1.68. The first-order valence-electron chi connectivity index (χ1n) is 7.23. The van der Waals surface area contributed by atoms with Gasteiger partial charge in [-0.05, 0) is 37.3 Å². The molecule has 0 radical (unpaired) electrons. The lowest BCUT2D eigenvalue weighted by molar-refractivity contribution is -0.122. The fourth-order valence-corrected chi connectivity index (χ4v) is 2.21. The van der Waals surface area contributed by atoms with Crippen molar-refractivity contribution in [2.24, 2.45) is 5.73 Å². The molecule has 1 amide bonds. The zero-order valence-corrected chi connectivity index (χ0v) is 12.3. The minimum atomic E-state index is -0.497. The van der Waals surface area contributed by atoms with Gasteiger partial charge in [0.25, 0.3) is 0 Å². The zero-order valence-electron chi connectivity index (χ0n) is 12.3. The van der Waals surface area contributed by atoms with Gasteiger partial charge in [-0.2, -0.15) is 5.10 Å². The largest absolute Gasteiger partial charge is 0.355 e. The van der Waals surface area contributed by atoms with Crippen molar-refractivity contribution in [2.45, 2.75) is 32.2 Å². The first kappa shape index (κ1) is 15.3. The second kappa shape index (κ2) is 7.59. The average molecular weight is 286 g/mol. The number of benzene rings is 1. The van der Waals surface area contributed by atoms with Gasteiger partial charge in [-0.3, -0.25) is 9.89 Å². The topological polar surface area (TPSA) is 83.8 Å². The Kier molecular flexibility index (Phi) is 5.51.